The average Bonchev–Trinajstić information content (AvgIpc) is 3.26. The highest BCUT2D eigenvalue weighted by atomic mass is 16.3. The van der Waals surface area contributed by atoms with Gasteiger partial charge in [-0.15, -0.1) is 0 Å². The molecule has 0 atom stereocenters. The lowest BCUT2D eigenvalue weighted by Crippen LogP contribution is -2.31. The second-order valence-corrected chi connectivity index (χ2v) is 7.25. The molecular weight excluding hydrogens is 320 g/mol. The van der Waals surface area contributed by atoms with Crippen LogP contribution in [0.3, 0.4) is 0 Å². The minimum absolute atomic E-state index is 0.206. The molecule has 0 radical (unpaired) electrons. The minimum atomic E-state index is -0.453. The highest BCUT2D eigenvalue weighted by molar-refractivity contribution is 6.08. The number of rotatable bonds is 2. The predicted molar refractivity (Wildman–Crippen MR) is 104 cm³/mol. The molecule has 0 spiro atoms. The standard InChI is InChI=1S/C23H23N2O/c1-15-9-11-18-19-8-5-13-24-23(19)26-22(18)21(15)20-12-10-17(14-25(20)2)16-6-3-4-7-16/h5,8-14,16H,3-4,6-7H2,1-2H3/q+1/i13D,16D. The third kappa shape index (κ3) is 2.34. The van der Waals surface area contributed by atoms with Crippen LogP contribution in [0.5, 0.6) is 0 Å². The molecule has 5 rings (SSSR count). The molecule has 3 nitrogen and oxygen atoms in total. The van der Waals surface area contributed by atoms with Gasteiger partial charge in [-0.1, -0.05) is 25.0 Å². The Bertz CT molecular complexity index is 1220. The van der Waals surface area contributed by atoms with Gasteiger partial charge in [0.2, 0.25) is 11.4 Å². The van der Waals surface area contributed by atoms with E-state index in [1.54, 1.807) is 6.07 Å². The van der Waals surface area contributed by atoms with Crippen LogP contribution in [0, 0.1) is 6.92 Å². The minimum Gasteiger partial charge on any atom is -0.437 e. The first-order valence-corrected chi connectivity index (χ1v) is 9.26. The van der Waals surface area contributed by atoms with Crippen LogP contribution in [-0.4, -0.2) is 4.98 Å². The van der Waals surface area contributed by atoms with Crippen molar-refractivity contribution in [2.24, 2.45) is 7.05 Å². The van der Waals surface area contributed by atoms with E-state index in [0.717, 1.165) is 64.4 Å². The van der Waals surface area contributed by atoms with Crippen LogP contribution in [0.4, 0.5) is 0 Å². The summed E-state index contributed by atoms with van der Waals surface area (Å²) in [5.74, 6) is -0.453. The van der Waals surface area contributed by atoms with Crippen LogP contribution >= 0.6 is 0 Å². The van der Waals surface area contributed by atoms with Crippen molar-refractivity contribution in [3.05, 3.63) is 59.9 Å². The van der Waals surface area contributed by atoms with Crippen LogP contribution < -0.4 is 4.57 Å². The fourth-order valence-corrected chi connectivity index (χ4v) is 4.21. The molecule has 26 heavy (non-hydrogen) atoms. The lowest BCUT2D eigenvalue weighted by atomic mass is 9.96. The van der Waals surface area contributed by atoms with E-state index in [2.05, 4.69) is 46.9 Å². The predicted octanol–water partition coefficient (Wildman–Crippen LogP) is 5.44. The van der Waals surface area contributed by atoms with Gasteiger partial charge < -0.3 is 4.42 Å². The maximum Gasteiger partial charge on any atom is 0.227 e. The Balaban J connectivity index is 1.72. The smallest absolute Gasteiger partial charge is 0.227 e. The van der Waals surface area contributed by atoms with E-state index in [1.165, 1.54) is 0 Å². The van der Waals surface area contributed by atoms with Crippen molar-refractivity contribution in [3.63, 3.8) is 0 Å². The largest absolute Gasteiger partial charge is 0.437 e. The number of nitrogens with zero attached hydrogens (tertiary/aromatic N) is 2. The molecule has 1 aromatic carbocycles. The highest BCUT2D eigenvalue weighted by Crippen LogP contribution is 2.37. The number of aromatic nitrogens is 2. The van der Waals surface area contributed by atoms with Gasteiger partial charge in [0.15, 0.2) is 11.8 Å². The monoisotopic (exact) mass is 345 g/mol. The van der Waals surface area contributed by atoms with Crippen molar-refractivity contribution in [1.82, 2.24) is 4.98 Å². The van der Waals surface area contributed by atoms with E-state index in [0.29, 0.717) is 5.71 Å². The van der Waals surface area contributed by atoms with E-state index in [9.17, 15) is 0 Å². The second-order valence-electron chi connectivity index (χ2n) is 7.25. The summed E-state index contributed by atoms with van der Waals surface area (Å²) < 4.78 is 24.8. The molecule has 3 aromatic heterocycles. The first-order chi connectivity index (χ1) is 13.5. The molecule has 0 N–H and O–H groups in total. The van der Waals surface area contributed by atoms with Crippen LogP contribution in [0.25, 0.3) is 33.3 Å². The molecular formula is C23H23N2O+. The van der Waals surface area contributed by atoms with Crippen molar-refractivity contribution in [3.8, 4) is 11.3 Å². The Morgan fingerprint density at radius 3 is 2.81 bits per heavy atom. The van der Waals surface area contributed by atoms with E-state index in [1.807, 2.05) is 13.1 Å². The number of hydrogen-bond acceptors (Lipinski definition) is 2. The van der Waals surface area contributed by atoms with Crippen molar-refractivity contribution in [2.75, 3.05) is 0 Å². The average molecular weight is 345 g/mol. The van der Waals surface area contributed by atoms with Gasteiger partial charge in [-0.3, -0.25) is 0 Å². The molecule has 1 saturated carbocycles. The summed E-state index contributed by atoms with van der Waals surface area (Å²) in [5.41, 5.74) is 5.62. The molecule has 0 amide bonds. The molecule has 130 valence electrons. The molecule has 0 unspecified atom stereocenters. The second kappa shape index (κ2) is 5.94. The number of fused-ring (bicyclic) bond motifs is 3. The van der Waals surface area contributed by atoms with E-state index >= 15 is 0 Å². The summed E-state index contributed by atoms with van der Waals surface area (Å²) in [6.07, 6.45) is 6.46. The fraction of sp³-hybridized carbons (Fsp3) is 0.304. The third-order valence-electron chi connectivity index (χ3n) is 5.58. The van der Waals surface area contributed by atoms with E-state index in [4.69, 9.17) is 7.16 Å². The van der Waals surface area contributed by atoms with Gasteiger partial charge in [0.05, 0.1) is 6.93 Å². The molecule has 1 aliphatic rings. The van der Waals surface area contributed by atoms with Gasteiger partial charge in [-0.25, -0.2) is 9.55 Å². The number of aryl methyl sites for hydroxylation is 2. The van der Waals surface area contributed by atoms with Gasteiger partial charge >= 0.3 is 0 Å². The molecule has 0 aliphatic heterocycles. The first kappa shape index (κ1) is 13.5. The molecule has 0 bridgehead atoms. The number of furan rings is 1. The van der Waals surface area contributed by atoms with Crippen LogP contribution in [0.1, 0.15) is 45.4 Å². The quantitative estimate of drug-likeness (QED) is 0.453. The first-order valence-electron chi connectivity index (χ1n) is 10.3. The zero-order chi connectivity index (χ0) is 19.5. The van der Waals surface area contributed by atoms with Gasteiger partial charge in [-0.2, -0.15) is 0 Å². The Hall–Kier alpha value is -2.68. The number of pyridine rings is 2. The Kier molecular flexibility index (Phi) is 3.09. The summed E-state index contributed by atoms with van der Waals surface area (Å²) in [6.45, 7) is 2.09. The lowest BCUT2D eigenvalue weighted by molar-refractivity contribution is -0.660. The SMILES string of the molecule is [2H]c1ccc2c(n1)oc1c(-c3ccc(C4([2H])CCCC4)c[n+]3C)c(C)ccc12. The maximum atomic E-state index is 8.80. The highest BCUT2D eigenvalue weighted by Gasteiger charge is 2.24. The van der Waals surface area contributed by atoms with Gasteiger partial charge in [0, 0.05) is 29.9 Å². The van der Waals surface area contributed by atoms with Crippen LogP contribution in [0.2, 0.25) is 0 Å². The van der Waals surface area contributed by atoms with Crippen molar-refractivity contribution < 1.29 is 11.7 Å². The van der Waals surface area contributed by atoms with Crippen molar-refractivity contribution in [2.45, 2.75) is 38.5 Å². The van der Waals surface area contributed by atoms with E-state index in [-0.39, 0.29) is 6.17 Å². The summed E-state index contributed by atoms with van der Waals surface area (Å²) in [4.78, 5) is 4.24. The zero-order valence-electron chi connectivity index (χ0n) is 17.2. The Morgan fingerprint density at radius 2 is 2.00 bits per heavy atom. The van der Waals surface area contributed by atoms with Crippen LogP contribution in [-0.2, 0) is 7.05 Å². The normalized spacial score (nSPS) is 17.6. The molecule has 1 aliphatic carbocycles. The molecule has 0 saturated heterocycles. The van der Waals surface area contributed by atoms with E-state index < -0.39 is 5.89 Å². The lowest BCUT2D eigenvalue weighted by Gasteiger charge is -2.10. The molecule has 3 heterocycles. The topological polar surface area (TPSA) is 29.9 Å². The Morgan fingerprint density at radius 1 is 1.15 bits per heavy atom. The molecule has 4 aromatic rings. The zero-order valence-corrected chi connectivity index (χ0v) is 15.2. The van der Waals surface area contributed by atoms with Gasteiger partial charge in [0.25, 0.3) is 0 Å². The van der Waals surface area contributed by atoms with Crippen molar-refractivity contribution in [1.29, 1.82) is 0 Å². The summed E-state index contributed by atoms with van der Waals surface area (Å²) in [5, 5.41) is 1.95. The Labute approximate surface area is 156 Å². The van der Waals surface area contributed by atoms with Crippen molar-refractivity contribution >= 4 is 22.1 Å². The number of benzene rings is 1. The number of hydrogen-bond donors (Lipinski definition) is 0. The van der Waals surface area contributed by atoms with Gasteiger partial charge in [0.1, 0.15) is 7.05 Å². The maximum absolute atomic E-state index is 8.80. The summed E-state index contributed by atoms with van der Waals surface area (Å²) in [7, 11) is 2.04. The third-order valence-corrected chi connectivity index (χ3v) is 5.58. The van der Waals surface area contributed by atoms with Crippen LogP contribution in [0.15, 0.2) is 53.2 Å². The van der Waals surface area contributed by atoms with Gasteiger partial charge in [-0.05, 0) is 49.4 Å². The summed E-state index contributed by atoms with van der Waals surface area (Å²) in [6, 6.07) is 12.0. The summed E-state index contributed by atoms with van der Waals surface area (Å²) >= 11 is 0. The fourth-order valence-electron chi connectivity index (χ4n) is 4.21. The molecule has 3 heteroatoms. The molecule has 1 fully saturated rings.